The highest BCUT2D eigenvalue weighted by atomic mass is 79.9. The van der Waals surface area contributed by atoms with E-state index in [4.69, 9.17) is 0 Å². The Bertz CT molecular complexity index is 512. The van der Waals surface area contributed by atoms with Crippen molar-refractivity contribution in [3.05, 3.63) is 33.9 Å². The van der Waals surface area contributed by atoms with Gasteiger partial charge in [0.05, 0.1) is 5.52 Å². The van der Waals surface area contributed by atoms with E-state index in [1.807, 2.05) is 7.05 Å². The number of H-pyrrole nitrogens is 1. The molecular formula is C14H19BrN2. The summed E-state index contributed by atoms with van der Waals surface area (Å²) in [4.78, 5) is 3.54. The number of halogens is 1. The molecule has 3 heteroatoms. The van der Waals surface area contributed by atoms with E-state index in [2.05, 4.69) is 58.3 Å². The van der Waals surface area contributed by atoms with Crippen LogP contribution in [0.2, 0.25) is 0 Å². The van der Waals surface area contributed by atoms with Crippen LogP contribution in [0.4, 0.5) is 0 Å². The van der Waals surface area contributed by atoms with Gasteiger partial charge in [0.1, 0.15) is 0 Å². The second kappa shape index (κ2) is 5.23. The van der Waals surface area contributed by atoms with Gasteiger partial charge in [0.2, 0.25) is 0 Å². The number of para-hydroxylation sites is 1. The first-order valence-corrected chi connectivity index (χ1v) is 6.98. The first-order chi connectivity index (χ1) is 8.22. The highest BCUT2D eigenvalue weighted by Crippen LogP contribution is 2.33. The van der Waals surface area contributed by atoms with E-state index in [1.54, 1.807) is 0 Å². The molecule has 0 saturated carbocycles. The Labute approximate surface area is 111 Å². The average Bonchev–Trinajstić information content (AvgIpc) is 2.72. The van der Waals surface area contributed by atoms with E-state index >= 15 is 0 Å². The summed E-state index contributed by atoms with van der Waals surface area (Å²) in [5.41, 5.74) is 3.98. The monoisotopic (exact) mass is 294 g/mol. The van der Waals surface area contributed by atoms with Gasteiger partial charge in [-0.1, -0.05) is 26.0 Å². The summed E-state index contributed by atoms with van der Waals surface area (Å²) in [6.07, 6.45) is 2.14. The Balaban J connectivity index is 2.70. The predicted molar refractivity (Wildman–Crippen MR) is 77.5 cm³/mol. The van der Waals surface area contributed by atoms with E-state index in [1.165, 1.54) is 22.2 Å². The SMILES string of the molecule is CCc1[nH]c2c(Br)cccc2c1C(CC)NC. The van der Waals surface area contributed by atoms with Crippen LogP contribution in [-0.4, -0.2) is 12.0 Å². The quantitative estimate of drug-likeness (QED) is 0.870. The van der Waals surface area contributed by atoms with Crippen molar-refractivity contribution in [1.29, 1.82) is 0 Å². The maximum Gasteiger partial charge on any atom is 0.0603 e. The Morgan fingerprint density at radius 3 is 2.71 bits per heavy atom. The molecule has 0 saturated heterocycles. The molecule has 1 unspecified atom stereocenters. The number of rotatable bonds is 4. The molecule has 0 radical (unpaired) electrons. The molecule has 0 bridgehead atoms. The van der Waals surface area contributed by atoms with E-state index in [0.717, 1.165) is 17.3 Å². The molecule has 2 N–H and O–H groups in total. The topological polar surface area (TPSA) is 27.8 Å². The summed E-state index contributed by atoms with van der Waals surface area (Å²) in [5.74, 6) is 0. The Kier molecular flexibility index (Phi) is 3.89. The zero-order chi connectivity index (χ0) is 12.4. The van der Waals surface area contributed by atoms with Crippen LogP contribution in [0.3, 0.4) is 0 Å². The molecule has 0 aliphatic carbocycles. The van der Waals surface area contributed by atoms with Crippen molar-refractivity contribution in [3.8, 4) is 0 Å². The highest BCUT2D eigenvalue weighted by molar-refractivity contribution is 9.10. The number of aromatic nitrogens is 1. The van der Waals surface area contributed by atoms with Crippen LogP contribution in [-0.2, 0) is 6.42 Å². The van der Waals surface area contributed by atoms with E-state index in [0.29, 0.717) is 6.04 Å². The van der Waals surface area contributed by atoms with Gasteiger partial charge in [-0.15, -0.1) is 0 Å². The van der Waals surface area contributed by atoms with Crippen LogP contribution >= 0.6 is 15.9 Å². The minimum absolute atomic E-state index is 0.424. The zero-order valence-corrected chi connectivity index (χ0v) is 12.2. The average molecular weight is 295 g/mol. The summed E-state index contributed by atoms with van der Waals surface area (Å²) in [6.45, 7) is 4.42. The first-order valence-electron chi connectivity index (χ1n) is 6.19. The third-order valence-electron chi connectivity index (χ3n) is 3.36. The summed E-state index contributed by atoms with van der Waals surface area (Å²) in [5, 5.41) is 4.74. The summed E-state index contributed by atoms with van der Waals surface area (Å²) < 4.78 is 1.14. The van der Waals surface area contributed by atoms with Crippen LogP contribution in [0.5, 0.6) is 0 Å². The molecule has 1 heterocycles. The molecule has 0 aliphatic heterocycles. The van der Waals surface area contributed by atoms with Gasteiger partial charge in [-0.2, -0.15) is 0 Å². The molecule has 0 spiro atoms. The third-order valence-corrected chi connectivity index (χ3v) is 4.02. The number of nitrogens with one attached hydrogen (secondary N) is 2. The van der Waals surface area contributed by atoms with Gasteiger partial charge in [0, 0.05) is 21.6 Å². The number of aryl methyl sites for hydroxylation is 1. The molecule has 92 valence electrons. The fourth-order valence-electron chi connectivity index (χ4n) is 2.49. The molecule has 1 aromatic carbocycles. The molecule has 0 fully saturated rings. The standard InChI is InChI=1S/C14H19BrN2/c1-4-11(16-3)13-9-7-6-8-10(15)14(9)17-12(13)5-2/h6-8,11,16-17H,4-5H2,1-3H3. The van der Waals surface area contributed by atoms with Gasteiger partial charge in [-0.05, 0) is 47.4 Å². The molecule has 0 amide bonds. The summed E-state index contributed by atoms with van der Waals surface area (Å²) in [6, 6.07) is 6.81. The van der Waals surface area contributed by atoms with Gasteiger partial charge >= 0.3 is 0 Å². The third kappa shape index (κ3) is 2.14. The lowest BCUT2D eigenvalue weighted by atomic mass is 10.00. The lowest BCUT2D eigenvalue weighted by Gasteiger charge is -2.15. The molecule has 0 aliphatic rings. The molecule has 2 nitrogen and oxygen atoms in total. The fraction of sp³-hybridized carbons (Fsp3) is 0.429. The van der Waals surface area contributed by atoms with Crippen molar-refractivity contribution in [2.75, 3.05) is 7.05 Å². The molecule has 2 aromatic rings. The minimum Gasteiger partial charge on any atom is -0.357 e. The van der Waals surface area contributed by atoms with E-state index in [-0.39, 0.29) is 0 Å². The largest absolute Gasteiger partial charge is 0.357 e. The number of benzene rings is 1. The maximum absolute atomic E-state index is 3.61. The van der Waals surface area contributed by atoms with Crippen molar-refractivity contribution < 1.29 is 0 Å². The number of hydrogen-bond donors (Lipinski definition) is 2. The maximum atomic E-state index is 3.61. The second-order valence-electron chi connectivity index (χ2n) is 4.28. The normalized spacial score (nSPS) is 13.2. The molecular weight excluding hydrogens is 276 g/mol. The first kappa shape index (κ1) is 12.7. The van der Waals surface area contributed by atoms with Crippen LogP contribution in [0.25, 0.3) is 10.9 Å². The van der Waals surface area contributed by atoms with Crippen LogP contribution in [0, 0.1) is 0 Å². The molecule has 1 atom stereocenters. The second-order valence-corrected chi connectivity index (χ2v) is 5.14. The van der Waals surface area contributed by atoms with Gasteiger partial charge in [-0.3, -0.25) is 0 Å². The van der Waals surface area contributed by atoms with Gasteiger partial charge in [0.25, 0.3) is 0 Å². The van der Waals surface area contributed by atoms with E-state index in [9.17, 15) is 0 Å². The van der Waals surface area contributed by atoms with Crippen LogP contribution in [0.15, 0.2) is 22.7 Å². The molecule has 2 rings (SSSR count). The number of fused-ring (bicyclic) bond motifs is 1. The lowest BCUT2D eigenvalue weighted by molar-refractivity contribution is 0.575. The van der Waals surface area contributed by atoms with Gasteiger partial charge < -0.3 is 10.3 Å². The van der Waals surface area contributed by atoms with Gasteiger partial charge in [0.15, 0.2) is 0 Å². The summed E-state index contributed by atoms with van der Waals surface area (Å²) in [7, 11) is 2.03. The highest BCUT2D eigenvalue weighted by Gasteiger charge is 2.17. The van der Waals surface area contributed by atoms with E-state index < -0.39 is 0 Å². The minimum atomic E-state index is 0.424. The van der Waals surface area contributed by atoms with Crippen molar-refractivity contribution in [2.24, 2.45) is 0 Å². The Hall–Kier alpha value is -0.800. The summed E-state index contributed by atoms with van der Waals surface area (Å²) >= 11 is 3.61. The smallest absolute Gasteiger partial charge is 0.0603 e. The van der Waals surface area contributed by atoms with Crippen LogP contribution in [0.1, 0.15) is 37.6 Å². The van der Waals surface area contributed by atoms with Crippen molar-refractivity contribution in [2.45, 2.75) is 32.7 Å². The number of aromatic amines is 1. The molecule has 1 aromatic heterocycles. The van der Waals surface area contributed by atoms with Crippen molar-refractivity contribution >= 4 is 26.8 Å². The van der Waals surface area contributed by atoms with Crippen molar-refractivity contribution in [3.63, 3.8) is 0 Å². The predicted octanol–water partition coefficient (Wildman–Crippen LogP) is 4.16. The van der Waals surface area contributed by atoms with Gasteiger partial charge in [-0.25, -0.2) is 0 Å². The Morgan fingerprint density at radius 2 is 2.12 bits per heavy atom. The van der Waals surface area contributed by atoms with Crippen molar-refractivity contribution in [1.82, 2.24) is 10.3 Å². The number of hydrogen-bond acceptors (Lipinski definition) is 1. The zero-order valence-electron chi connectivity index (χ0n) is 10.6. The lowest BCUT2D eigenvalue weighted by Crippen LogP contribution is -2.16. The fourth-order valence-corrected chi connectivity index (χ4v) is 2.95. The molecule has 17 heavy (non-hydrogen) atoms. The van der Waals surface area contributed by atoms with Crippen LogP contribution < -0.4 is 5.32 Å². The Morgan fingerprint density at radius 1 is 1.35 bits per heavy atom.